The third-order valence-electron chi connectivity index (χ3n) is 6.25. The zero-order chi connectivity index (χ0) is 28.1. The van der Waals surface area contributed by atoms with Crippen LogP contribution < -0.4 is 10.4 Å². The molecular formula is C31H44O6Si2. The van der Waals surface area contributed by atoms with Crippen LogP contribution in [-0.4, -0.2) is 57.3 Å². The fourth-order valence-electron chi connectivity index (χ4n) is 4.77. The molecule has 0 saturated carbocycles. The van der Waals surface area contributed by atoms with Gasteiger partial charge in [-0.15, -0.1) is 0 Å². The van der Waals surface area contributed by atoms with E-state index in [4.69, 9.17) is 26.6 Å². The first-order chi connectivity index (χ1) is 19.0. The van der Waals surface area contributed by atoms with Gasteiger partial charge in [-0.3, -0.25) is 0 Å². The lowest BCUT2D eigenvalue weighted by Crippen LogP contribution is -2.60. The molecule has 8 heteroatoms. The van der Waals surface area contributed by atoms with Crippen LogP contribution in [0.4, 0.5) is 0 Å². The molecule has 0 bridgehead atoms. The lowest BCUT2D eigenvalue weighted by Gasteiger charge is -2.32. The van der Waals surface area contributed by atoms with E-state index in [1.165, 1.54) is 16.7 Å². The normalized spacial score (nSPS) is 12.2. The summed E-state index contributed by atoms with van der Waals surface area (Å²) in [6.07, 6.45) is 0.676. The highest BCUT2D eigenvalue weighted by molar-refractivity contribution is 6.77. The van der Waals surface area contributed by atoms with Gasteiger partial charge in [-0.2, -0.15) is 0 Å². The summed E-state index contributed by atoms with van der Waals surface area (Å²) in [6.45, 7) is 14.8. The maximum Gasteiger partial charge on any atom is 0.537 e. The van der Waals surface area contributed by atoms with Gasteiger partial charge in [0.2, 0.25) is 0 Å². The van der Waals surface area contributed by atoms with Crippen molar-refractivity contribution in [3.05, 3.63) is 83.9 Å². The Morgan fingerprint density at radius 2 is 0.949 bits per heavy atom. The topological polar surface area (TPSA) is 55.4 Å². The molecule has 0 spiro atoms. The zero-order valence-corrected chi connectivity index (χ0v) is 26.3. The molecule has 0 amide bonds. The van der Waals surface area contributed by atoms with Crippen LogP contribution in [0.25, 0.3) is 11.1 Å². The number of benzene rings is 3. The fourth-order valence-corrected chi connectivity index (χ4v) is 9.99. The lowest BCUT2D eigenvalue weighted by atomic mass is 10.0. The van der Waals surface area contributed by atoms with E-state index in [0.29, 0.717) is 46.1 Å². The minimum absolute atomic E-state index is 0.495. The molecule has 0 radical (unpaired) electrons. The molecule has 0 aliphatic heterocycles. The van der Waals surface area contributed by atoms with E-state index < -0.39 is 17.6 Å². The Labute approximate surface area is 236 Å². The summed E-state index contributed by atoms with van der Waals surface area (Å²) in [4.78, 5) is 0. The molecule has 3 rings (SSSR count). The number of hydrogen-bond donors (Lipinski definition) is 0. The number of hydrogen-bond acceptors (Lipinski definition) is 6. The molecule has 0 fully saturated rings. The van der Waals surface area contributed by atoms with Crippen LogP contribution in [0.15, 0.2) is 72.8 Å². The highest BCUT2D eigenvalue weighted by Gasteiger charge is 2.48. The van der Waals surface area contributed by atoms with Crippen molar-refractivity contribution in [1.82, 2.24) is 0 Å². The first-order valence-electron chi connectivity index (χ1n) is 14.1. The highest BCUT2D eigenvalue weighted by Crippen LogP contribution is 2.22. The molecule has 0 aliphatic carbocycles. The average molecular weight is 569 g/mol. The van der Waals surface area contributed by atoms with Crippen LogP contribution >= 0.6 is 0 Å². The van der Waals surface area contributed by atoms with E-state index in [9.17, 15) is 0 Å². The molecule has 0 heterocycles. The van der Waals surface area contributed by atoms with Gasteiger partial charge in [-0.25, -0.2) is 0 Å². The van der Waals surface area contributed by atoms with E-state index in [0.717, 1.165) is 15.9 Å². The van der Waals surface area contributed by atoms with Crippen LogP contribution in [0, 0.1) is 0 Å². The molecule has 3 aromatic rings. The van der Waals surface area contributed by atoms with E-state index in [-0.39, 0.29) is 0 Å². The van der Waals surface area contributed by atoms with Crippen molar-refractivity contribution in [2.24, 2.45) is 0 Å². The van der Waals surface area contributed by atoms with Gasteiger partial charge in [0.25, 0.3) is 0 Å². The predicted octanol–water partition coefficient (Wildman–Crippen LogP) is 5.46. The first-order valence-corrected chi connectivity index (χ1v) is 17.6. The Bertz CT molecular complexity index is 1090. The summed E-state index contributed by atoms with van der Waals surface area (Å²) in [5, 5.41) is 1.90. The van der Waals surface area contributed by atoms with Gasteiger partial charge in [-0.1, -0.05) is 72.8 Å². The molecule has 0 aromatic heterocycles. The van der Waals surface area contributed by atoms with Gasteiger partial charge < -0.3 is 26.6 Å². The predicted molar refractivity (Wildman–Crippen MR) is 162 cm³/mol. The monoisotopic (exact) mass is 568 g/mol. The van der Waals surface area contributed by atoms with E-state index in [2.05, 4.69) is 60.7 Å². The van der Waals surface area contributed by atoms with Crippen LogP contribution in [-0.2, 0) is 33.0 Å². The zero-order valence-electron chi connectivity index (χ0n) is 24.3. The highest BCUT2D eigenvalue weighted by atomic mass is 28.4. The summed E-state index contributed by atoms with van der Waals surface area (Å²) in [5.41, 5.74) is 4.63. The third-order valence-corrected chi connectivity index (χ3v) is 12.4. The molecule has 3 aromatic carbocycles. The van der Waals surface area contributed by atoms with Gasteiger partial charge in [0.05, 0.1) is 0 Å². The summed E-state index contributed by atoms with van der Waals surface area (Å²) >= 11 is 0. The smallest absolute Gasteiger partial charge is 0.370 e. The molecule has 0 aliphatic rings. The van der Waals surface area contributed by atoms with Gasteiger partial charge in [0.15, 0.2) is 0 Å². The molecule has 6 nitrogen and oxygen atoms in total. The van der Waals surface area contributed by atoms with E-state index in [1.54, 1.807) is 0 Å². The molecule has 212 valence electrons. The quantitative estimate of drug-likeness (QED) is 0.202. The third kappa shape index (κ3) is 7.74. The second kappa shape index (κ2) is 15.6. The Morgan fingerprint density at radius 3 is 1.44 bits per heavy atom. The molecule has 0 atom stereocenters. The van der Waals surface area contributed by atoms with E-state index >= 15 is 0 Å². The Hall–Kier alpha value is -2.15. The molecule has 39 heavy (non-hydrogen) atoms. The summed E-state index contributed by atoms with van der Waals surface area (Å²) in [5.74, 6) is 0. The Balaban J connectivity index is 2.14. The largest absolute Gasteiger partial charge is 0.537 e. The van der Waals surface area contributed by atoms with Crippen LogP contribution in [0.1, 0.15) is 52.7 Å². The van der Waals surface area contributed by atoms with Crippen molar-refractivity contribution in [2.45, 2.75) is 48.0 Å². The van der Waals surface area contributed by atoms with Crippen molar-refractivity contribution in [3.63, 3.8) is 0 Å². The van der Waals surface area contributed by atoms with Crippen molar-refractivity contribution in [2.75, 3.05) is 39.6 Å². The molecule has 0 saturated heterocycles. The van der Waals surface area contributed by atoms with Crippen LogP contribution in [0.2, 0.25) is 0 Å². The van der Waals surface area contributed by atoms with Crippen molar-refractivity contribution < 1.29 is 26.6 Å². The molecule has 0 unspecified atom stereocenters. The van der Waals surface area contributed by atoms with Crippen molar-refractivity contribution in [3.8, 4) is 11.1 Å². The minimum Gasteiger partial charge on any atom is -0.370 e. The first kappa shape index (κ1) is 31.4. The number of rotatable bonds is 17. The van der Waals surface area contributed by atoms with Crippen molar-refractivity contribution in [1.29, 1.82) is 0 Å². The van der Waals surface area contributed by atoms with Gasteiger partial charge >= 0.3 is 17.6 Å². The van der Waals surface area contributed by atoms with Gasteiger partial charge in [-0.05, 0) is 70.2 Å². The molecular weight excluding hydrogens is 525 g/mol. The van der Waals surface area contributed by atoms with Crippen LogP contribution in [0.5, 0.6) is 0 Å². The SMILES string of the molecule is CCO[Si](OCC)(OCC)c1ccc([Si](OCC)(OCC)OCC)c(Cc2ccc(-c3ccccc3)cc2)c1. The average Bonchev–Trinajstić information content (AvgIpc) is 2.95. The lowest BCUT2D eigenvalue weighted by molar-refractivity contribution is 0.0843. The Morgan fingerprint density at radius 1 is 0.487 bits per heavy atom. The second-order valence-electron chi connectivity index (χ2n) is 8.82. The fraction of sp³-hybridized carbons (Fsp3) is 0.419. The Kier molecular flexibility index (Phi) is 12.5. The minimum atomic E-state index is -3.18. The summed E-state index contributed by atoms with van der Waals surface area (Å²) in [6, 6.07) is 25.4. The second-order valence-corrected chi connectivity index (χ2v) is 13.9. The maximum atomic E-state index is 6.33. The summed E-state index contributed by atoms with van der Waals surface area (Å²) < 4.78 is 37.7. The standard InChI is InChI=1S/C31H44O6Si2/c1-7-32-38(33-8-2,34-9-3)30-22-23-31(39(35-10-4,36-11-5)37-12-6)29(25-30)24-26-18-20-28(21-19-26)27-16-14-13-15-17-27/h13-23,25H,7-12,24H2,1-6H3. The summed E-state index contributed by atoms with van der Waals surface area (Å²) in [7, 11) is -6.30. The maximum absolute atomic E-state index is 6.33. The van der Waals surface area contributed by atoms with E-state index in [1.807, 2.05) is 53.7 Å². The van der Waals surface area contributed by atoms with Crippen LogP contribution in [0.3, 0.4) is 0 Å². The van der Waals surface area contributed by atoms with Gasteiger partial charge in [0, 0.05) is 50.0 Å². The molecule has 0 N–H and O–H groups in total. The van der Waals surface area contributed by atoms with Crippen molar-refractivity contribution >= 4 is 28.0 Å². The van der Waals surface area contributed by atoms with Gasteiger partial charge in [0.1, 0.15) is 0 Å².